The third kappa shape index (κ3) is 3.13. The fraction of sp³-hybridized carbons (Fsp3) is 0.154. The number of rotatable bonds is 2. The fourth-order valence-corrected chi connectivity index (χ4v) is 2.43. The predicted molar refractivity (Wildman–Crippen MR) is 72.5 cm³/mol. The Morgan fingerprint density at radius 1 is 1.10 bits per heavy atom. The molecule has 106 valence electrons. The molecule has 7 heteroatoms. The standard InChI is InChI=1S/C13H8BrClF3NO/c14-9-4-2-1-3-7(9)11(20)8-5-6-10(13(16,17)18)19-12(8)15/h1-6,11,20H. The number of aliphatic hydroxyl groups is 1. The SMILES string of the molecule is OC(c1ccccc1Br)c1ccc(C(F)(F)F)nc1Cl. The molecule has 0 saturated carbocycles. The van der Waals surface area contributed by atoms with E-state index in [9.17, 15) is 18.3 Å². The van der Waals surface area contributed by atoms with Crippen molar-refractivity contribution in [3.8, 4) is 0 Å². The minimum Gasteiger partial charge on any atom is -0.384 e. The van der Waals surface area contributed by atoms with Gasteiger partial charge in [-0.3, -0.25) is 0 Å². The molecular formula is C13H8BrClF3NO. The van der Waals surface area contributed by atoms with Crippen LogP contribution in [0.15, 0.2) is 40.9 Å². The smallest absolute Gasteiger partial charge is 0.384 e. The third-order valence-corrected chi connectivity index (χ3v) is 3.69. The van der Waals surface area contributed by atoms with Crippen LogP contribution in [-0.4, -0.2) is 10.1 Å². The van der Waals surface area contributed by atoms with E-state index >= 15 is 0 Å². The summed E-state index contributed by atoms with van der Waals surface area (Å²) in [5.74, 6) is 0. The van der Waals surface area contributed by atoms with Crippen LogP contribution in [0.5, 0.6) is 0 Å². The van der Waals surface area contributed by atoms with Crippen LogP contribution in [0.4, 0.5) is 13.2 Å². The van der Waals surface area contributed by atoms with E-state index in [4.69, 9.17) is 11.6 Å². The van der Waals surface area contributed by atoms with Crippen LogP contribution in [0, 0.1) is 0 Å². The third-order valence-electron chi connectivity index (χ3n) is 2.66. The lowest BCUT2D eigenvalue weighted by Crippen LogP contribution is -2.10. The number of pyridine rings is 1. The normalized spacial score (nSPS) is 13.3. The Kier molecular flexibility index (Phi) is 4.36. The van der Waals surface area contributed by atoms with Crippen molar-refractivity contribution in [1.82, 2.24) is 4.98 Å². The van der Waals surface area contributed by atoms with Crippen molar-refractivity contribution >= 4 is 27.5 Å². The molecule has 1 aromatic heterocycles. The Morgan fingerprint density at radius 2 is 1.75 bits per heavy atom. The number of hydrogen-bond acceptors (Lipinski definition) is 2. The van der Waals surface area contributed by atoms with Gasteiger partial charge >= 0.3 is 6.18 Å². The second-order valence-corrected chi connectivity index (χ2v) is 5.21. The average Bonchev–Trinajstić information content (AvgIpc) is 2.37. The van der Waals surface area contributed by atoms with Crippen LogP contribution in [0.3, 0.4) is 0 Å². The summed E-state index contributed by atoms with van der Waals surface area (Å²) in [6.45, 7) is 0. The van der Waals surface area contributed by atoms with Crippen molar-refractivity contribution in [2.45, 2.75) is 12.3 Å². The molecule has 1 unspecified atom stereocenters. The molecule has 0 saturated heterocycles. The zero-order valence-electron chi connectivity index (χ0n) is 9.83. The average molecular weight is 367 g/mol. The van der Waals surface area contributed by atoms with Crippen molar-refractivity contribution in [3.63, 3.8) is 0 Å². The topological polar surface area (TPSA) is 33.1 Å². The van der Waals surface area contributed by atoms with Gasteiger partial charge in [0.25, 0.3) is 0 Å². The molecule has 2 rings (SSSR count). The van der Waals surface area contributed by atoms with E-state index in [0.29, 0.717) is 10.0 Å². The zero-order valence-corrected chi connectivity index (χ0v) is 12.2. The summed E-state index contributed by atoms with van der Waals surface area (Å²) in [6.07, 6.45) is -5.73. The van der Waals surface area contributed by atoms with Crippen LogP contribution in [0.2, 0.25) is 5.15 Å². The number of aromatic nitrogens is 1. The van der Waals surface area contributed by atoms with E-state index < -0.39 is 18.0 Å². The van der Waals surface area contributed by atoms with Gasteiger partial charge in [0, 0.05) is 10.0 Å². The zero-order chi connectivity index (χ0) is 14.9. The molecular weight excluding hydrogens is 358 g/mol. The maximum absolute atomic E-state index is 12.5. The number of benzene rings is 1. The number of aliphatic hydroxyl groups excluding tert-OH is 1. The predicted octanol–water partition coefficient (Wildman–Crippen LogP) is 4.60. The number of hydrogen-bond donors (Lipinski definition) is 1. The highest BCUT2D eigenvalue weighted by molar-refractivity contribution is 9.10. The van der Waals surface area contributed by atoms with Gasteiger partial charge in [-0.25, -0.2) is 4.98 Å². The van der Waals surface area contributed by atoms with Gasteiger partial charge in [0.2, 0.25) is 0 Å². The van der Waals surface area contributed by atoms with Gasteiger partial charge in [-0.2, -0.15) is 13.2 Å². The molecule has 0 bridgehead atoms. The quantitative estimate of drug-likeness (QED) is 0.788. The molecule has 20 heavy (non-hydrogen) atoms. The minimum absolute atomic E-state index is 0.117. The maximum atomic E-state index is 12.5. The summed E-state index contributed by atoms with van der Waals surface area (Å²) in [6, 6.07) is 8.73. The van der Waals surface area contributed by atoms with Gasteiger partial charge in [-0.05, 0) is 17.7 Å². The summed E-state index contributed by atoms with van der Waals surface area (Å²) in [5, 5.41) is 9.84. The molecule has 1 atom stereocenters. The van der Waals surface area contributed by atoms with Crippen molar-refractivity contribution < 1.29 is 18.3 Å². The monoisotopic (exact) mass is 365 g/mol. The Hall–Kier alpha value is -1.11. The molecule has 2 aromatic rings. The van der Waals surface area contributed by atoms with E-state index in [1.54, 1.807) is 24.3 Å². The lowest BCUT2D eigenvalue weighted by atomic mass is 10.0. The Bertz CT molecular complexity index is 633. The van der Waals surface area contributed by atoms with Gasteiger partial charge < -0.3 is 5.11 Å². The van der Waals surface area contributed by atoms with Crippen LogP contribution < -0.4 is 0 Å². The van der Waals surface area contributed by atoms with Crippen LogP contribution >= 0.6 is 27.5 Å². The van der Waals surface area contributed by atoms with Crippen LogP contribution in [-0.2, 0) is 6.18 Å². The largest absolute Gasteiger partial charge is 0.433 e. The molecule has 2 nitrogen and oxygen atoms in total. The molecule has 0 spiro atoms. The van der Waals surface area contributed by atoms with E-state index in [1.165, 1.54) is 0 Å². The van der Waals surface area contributed by atoms with Crippen molar-refractivity contribution in [2.75, 3.05) is 0 Å². The second-order valence-electron chi connectivity index (χ2n) is 4.00. The summed E-state index contributed by atoms with van der Waals surface area (Å²) in [5.41, 5.74) is -0.479. The summed E-state index contributed by atoms with van der Waals surface area (Å²) in [7, 11) is 0. The molecule has 0 aliphatic heterocycles. The van der Waals surface area contributed by atoms with Crippen molar-refractivity contribution in [3.05, 3.63) is 62.8 Å². The first-order valence-corrected chi connectivity index (χ1v) is 6.64. The van der Waals surface area contributed by atoms with Crippen LogP contribution in [0.25, 0.3) is 0 Å². The number of nitrogens with zero attached hydrogens (tertiary/aromatic N) is 1. The van der Waals surface area contributed by atoms with Crippen molar-refractivity contribution in [1.29, 1.82) is 0 Å². The Labute approximate surface area is 126 Å². The Balaban J connectivity index is 2.42. The highest BCUT2D eigenvalue weighted by atomic mass is 79.9. The van der Waals surface area contributed by atoms with E-state index in [0.717, 1.165) is 12.1 Å². The molecule has 0 radical (unpaired) electrons. The lowest BCUT2D eigenvalue weighted by Gasteiger charge is -2.15. The summed E-state index contributed by atoms with van der Waals surface area (Å²) >= 11 is 9.01. The Morgan fingerprint density at radius 3 is 2.30 bits per heavy atom. The fourth-order valence-electron chi connectivity index (χ4n) is 1.67. The molecule has 0 aliphatic rings. The number of halogens is 5. The van der Waals surface area contributed by atoms with Gasteiger partial charge in [0.05, 0.1) is 0 Å². The van der Waals surface area contributed by atoms with Gasteiger partial charge in [0.1, 0.15) is 17.0 Å². The van der Waals surface area contributed by atoms with E-state index in [1.807, 2.05) is 0 Å². The first kappa shape index (κ1) is 15.3. The van der Waals surface area contributed by atoms with E-state index in [-0.39, 0.29) is 10.7 Å². The molecule has 0 fully saturated rings. The molecule has 1 aromatic carbocycles. The van der Waals surface area contributed by atoms with Crippen LogP contribution in [0.1, 0.15) is 22.9 Å². The molecule has 1 heterocycles. The lowest BCUT2D eigenvalue weighted by molar-refractivity contribution is -0.141. The highest BCUT2D eigenvalue weighted by Crippen LogP contribution is 2.34. The molecule has 0 amide bonds. The number of alkyl halides is 3. The van der Waals surface area contributed by atoms with Crippen molar-refractivity contribution in [2.24, 2.45) is 0 Å². The van der Waals surface area contributed by atoms with E-state index in [2.05, 4.69) is 20.9 Å². The minimum atomic E-state index is -4.57. The molecule has 1 N–H and O–H groups in total. The summed E-state index contributed by atoms with van der Waals surface area (Å²) in [4.78, 5) is 3.29. The maximum Gasteiger partial charge on any atom is 0.433 e. The molecule has 0 aliphatic carbocycles. The highest BCUT2D eigenvalue weighted by Gasteiger charge is 2.33. The van der Waals surface area contributed by atoms with Gasteiger partial charge in [-0.1, -0.05) is 51.8 Å². The first-order chi connectivity index (χ1) is 9.30. The van der Waals surface area contributed by atoms with Gasteiger partial charge in [-0.15, -0.1) is 0 Å². The van der Waals surface area contributed by atoms with Gasteiger partial charge in [0.15, 0.2) is 0 Å². The second kappa shape index (κ2) is 5.71. The first-order valence-electron chi connectivity index (χ1n) is 5.47. The summed E-state index contributed by atoms with van der Waals surface area (Å²) < 4.78 is 38.1.